The lowest BCUT2D eigenvalue weighted by molar-refractivity contribution is 0.415. The lowest BCUT2D eigenvalue weighted by atomic mass is 10.2. The molecular formula is C12H13N3O. The van der Waals surface area contributed by atoms with Gasteiger partial charge in [0.25, 0.3) is 0 Å². The van der Waals surface area contributed by atoms with Gasteiger partial charge < -0.3 is 4.74 Å². The summed E-state index contributed by atoms with van der Waals surface area (Å²) in [7, 11) is 1.64. The van der Waals surface area contributed by atoms with Crippen LogP contribution < -0.4 is 4.74 Å². The molecule has 4 nitrogen and oxygen atoms in total. The van der Waals surface area contributed by atoms with Crippen LogP contribution in [0.1, 0.15) is 11.4 Å². The van der Waals surface area contributed by atoms with Gasteiger partial charge in [0.15, 0.2) is 5.82 Å². The molecule has 82 valence electrons. The van der Waals surface area contributed by atoms with Crippen molar-refractivity contribution in [1.29, 1.82) is 0 Å². The van der Waals surface area contributed by atoms with Crippen LogP contribution in [0.25, 0.3) is 11.4 Å². The molecule has 0 aliphatic heterocycles. The van der Waals surface area contributed by atoms with Crippen LogP contribution in [0.15, 0.2) is 24.3 Å². The summed E-state index contributed by atoms with van der Waals surface area (Å²) in [4.78, 5) is 4.38. The fourth-order valence-corrected chi connectivity index (χ4v) is 1.32. The van der Waals surface area contributed by atoms with Crippen LogP contribution in [-0.2, 0) is 0 Å². The van der Waals surface area contributed by atoms with Gasteiger partial charge in [0.1, 0.15) is 5.75 Å². The van der Waals surface area contributed by atoms with Gasteiger partial charge in [-0.3, -0.25) is 0 Å². The number of ether oxygens (including phenoxy) is 1. The fraction of sp³-hybridized carbons (Fsp3) is 0.250. The van der Waals surface area contributed by atoms with Gasteiger partial charge >= 0.3 is 0 Å². The molecule has 0 spiro atoms. The molecule has 1 aromatic carbocycles. The zero-order chi connectivity index (χ0) is 11.5. The summed E-state index contributed by atoms with van der Waals surface area (Å²) in [5.74, 6) is 1.46. The van der Waals surface area contributed by atoms with E-state index in [0.717, 1.165) is 22.7 Å². The smallest absolute Gasteiger partial charge is 0.181 e. The van der Waals surface area contributed by atoms with Gasteiger partial charge in [0.05, 0.1) is 18.5 Å². The van der Waals surface area contributed by atoms with E-state index in [1.807, 2.05) is 38.1 Å². The summed E-state index contributed by atoms with van der Waals surface area (Å²) in [6, 6.07) is 7.61. The number of methoxy groups -OCH3 is 1. The summed E-state index contributed by atoms with van der Waals surface area (Å²) in [6.07, 6.45) is 0. The summed E-state index contributed by atoms with van der Waals surface area (Å²) in [5, 5.41) is 8.12. The molecule has 2 aromatic rings. The Kier molecular flexibility index (Phi) is 2.81. The molecule has 4 heteroatoms. The molecular weight excluding hydrogens is 202 g/mol. The second-order valence-electron chi connectivity index (χ2n) is 3.53. The van der Waals surface area contributed by atoms with Crippen molar-refractivity contribution in [2.45, 2.75) is 13.8 Å². The van der Waals surface area contributed by atoms with Crippen molar-refractivity contribution in [3.8, 4) is 17.1 Å². The highest BCUT2D eigenvalue weighted by molar-refractivity contribution is 5.55. The maximum Gasteiger partial charge on any atom is 0.181 e. The second kappa shape index (κ2) is 4.26. The number of rotatable bonds is 2. The van der Waals surface area contributed by atoms with Gasteiger partial charge in [0.2, 0.25) is 0 Å². The number of aromatic nitrogens is 3. The molecule has 0 aliphatic carbocycles. The van der Waals surface area contributed by atoms with E-state index in [-0.39, 0.29) is 0 Å². The van der Waals surface area contributed by atoms with Crippen molar-refractivity contribution in [1.82, 2.24) is 15.2 Å². The third-order valence-electron chi connectivity index (χ3n) is 2.44. The molecule has 0 fully saturated rings. The molecule has 1 heterocycles. The number of aryl methyl sites for hydroxylation is 2. The zero-order valence-electron chi connectivity index (χ0n) is 9.56. The Bertz CT molecular complexity index is 494. The first kappa shape index (κ1) is 10.5. The Morgan fingerprint density at radius 3 is 2.19 bits per heavy atom. The molecule has 16 heavy (non-hydrogen) atoms. The van der Waals surface area contributed by atoms with E-state index < -0.39 is 0 Å². The molecule has 0 unspecified atom stereocenters. The molecule has 0 atom stereocenters. The molecule has 0 saturated heterocycles. The standard InChI is InChI=1S/C12H13N3O/c1-8-9(2)14-15-12(13-8)10-4-6-11(16-3)7-5-10/h4-7H,1-3H3. The van der Waals surface area contributed by atoms with Crippen LogP contribution in [0.2, 0.25) is 0 Å². The van der Waals surface area contributed by atoms with Crippen LogP contribution in [0.3, 0.4) is 0 Å². The van der Waals surface area contributed by atoms with E-state index >= 15 is 0 Å². The molecule has 0 aliphatic rings. The maximum atomic E-state index is 5.09. The Morgan fingerprint density at radius 1 is 0.938 bits per heavy atom. The second-order valence-corrected chi connectivity index (χ2v) is 3.53. The third-order valence-corrected chi connectivity index (χ3v) is 2.44. The Labute approximate surface area is 94.3 Å². The van der Waals surface area contributed by atoms with E-state index in [0.29, 0.717) is 5.82 Å². The normalized spacial score (nSPS) is 10.2. The molecule has 0 amide bonds. The predicted molar refractivity (Wildman–Crippen MR) is 61.3 cm³/mol. The van der Waals surface area contributed by atoms with Crippen LogP contribution >= 0.6 is 0 Å². The van der Waals surface area contributed by atoms with E-state index in [1.54, 1.807) is 7.11 Å². The van der Waals surface area contributed by atoms with Crippen molar-refractivity contribution >= 4 is 0 Å². The first-order valence-corrected chi connectivity index (χ1v) is 5.03. The highest BCUT2D eigenvalue weighted by atomic mass is 16.5. The SMILES string of the molecule is COc1ccc(-c2nnc(C)c(C)n2)cc1. The Morgan fingerprint density at radius 2 is 1.62 bits per heavy atom. The average Bonchev–Trinajstić information content (AvgIpc) is 2.33. The lowest BCUT2D eigenvalue weighted by Crippen LogP contribution is -1.98. The van der Waals surface area contributed by atoms with Gasteiger partial charge in [-0.2, -0.15) is 5.10 Å². The van der Waals surface area contributed by atoms with Gasteiger partial charge in [-0.1, -0.05) is 0 Å². The van der Waals surface area contributed by atoms with Gasteiger partial charge in [-0.05, 0) is 38.1 Å². The summed E-state index contributed by atoms with van der Waals surface area (Å²) in [6.45, 7) is 3.82. The first-order chi connectivity index (χ1) is 7.70. The van der Waals surface area contributed by atoms with Crippen molar-refractivity contribution < 1.29 is 4.74 Å². The number of hydrogen-bond donors (Lipinski definition) is 0. The van der Waals surface area contributed by atoms with Crippen molar-refractivity contribution in [3.63, 3.8) is 0 Å². The van der Waals surface area contributed by atoms with Crippen LogP contribution in [0.4, 0.5) is 0 Å². The van der Waals surface area contributed by atoms with Gasteiger partial charge in [-0.15, -0.1) is 5.10 Å². The van der Waals surface area contributed by atoms with Crippen LogP contribution in [0.5, 0.6) is 5.75 Å². The number of benzene rings is 1. The fourth-order valence-electron chi connectivity index (χ4n) is 1.32. The molecule has 0 bridgehead atoms. The van der Waals surface area contributed by atoms with Crippen LogP contribution in [0, 0.1) is 13.8 Å². The largest absolute Gasteiger partial charge is 0.497 e. The Balaban J connectivity index is 2.38. The minimum absolute atomic E-state index is 0.644. The molecule has 0 radical (unpaired) electrons. The molecule has 1 aromatic heterocycles. The molecule has 0 N–H and O–H groups in total. The van der Waals surface area contributed by atoms with Crippen molar-refractivity contribution in [2.75, 3.05) is 7.11 Å². The number of nitrogens with zero attached hydrogens (tertiary/aromatic N) is 3. The van der Waals surface area contributed by atoms with Crippen molar-refractivity contribution in [3.05, 3.63) is 35.7 Å². The first-order valence-electron chi connectivity index (χ1n) is 5.03. The zero-order valence-corrected chi connectivity index (χ0v) is 9.56. The van der Waals surface area contributed by atoms with E-state index in [1.165, 1.54) is 0 Å². The Hall–Kier alpha value is -1.97. The topological polar surface area (TPSA) is 47.9 Å². The van der Waals surface area contributed by atoms with Gasteiger partial charge in [0, 0.05) is 5.56 Å². The summed E-state index contributed by atoms with van der Waals surface area (Å²) in [5.41, 5.74) is 2.70. The van der Waals surface area contributed by atoms with E-state index in [9.17, 15) is 0 Å². The van der Waals surface area contributed by atoms with E-state index in [4.69, 9.17) is 4.74 Å². The highest BCUT2D eigenvalue weighted by Crippen LogP contribution is 2.18. The number of hydrogen-bond acceptors (Lipinski definition) is 4. The van der Waals surface area contributed by atoms with Crippen LogP contribution in [-0.4, -0.2) is 22.3 Å². The van der Waals surface area contributed by atoms with Gasteiger partial charge in [-0.25, -0.2) is 4.98 Å². The molecule has 0 saturated carbocycles. The summed E-state index contributed by atoms with van der Waals surface area (Å²) >= 11 is 0. The summed E-state index contributed by atoms with van der Waals surface area (Å²) < 4.78 is 5.09. The minimum atomic E-state index is 0.644. The highest BCUT2D eigenvalue weighted by Gasteiger charge is 2.04. The minimum Gasteiger partial charge on any atom is -0.497 e. The monoisotopic (exact) mass is 215 g/mol. The third kappa shape index (κ3) is 2.00. The predicted octanol–water partition coefficient (Wildman–Crippen LogP) is 2.16. The van der Waals surface area contributed by atoms with Crippen molar-refractivity contribution in [2.24, 2.45) is 0 Å². The lowest BCUT2D eigenvalue weighted by Gasteiger charge is -2.03. The maximum absolute atomic E-state index is 5.09. The molecule has 2 rings (SSSR count). The average molecular weight is 215 g/mol. The quantitative estimate of drug-likeness (QED) is 0.770. The van der Waals surface area contributed by atoms with E-state index in [2.05, 4.69) is 15.2 Å².